The normalized spacial score (nSPS) is 22.5. The van der Waals surface area contributed by atoms with Gasteiger partial charge in [0.15, 0.2) is 0 Å². The lowest BCUT2D eigenvalue weighted by Crippen LogP contribution is -2.52. The zero-order valence-electron chi connectivity index (χ0n) is 12.3. The van der Waals surface area contributed by atoms with Crippen LogP contribution in [0.25, 0.3) is 0 Å². The zero-order valence-corrected chi connectivity index (χ0v) is 13.9. The predicted molar refractivity (Wildman–Crippen MR) is 82.7 cm³/mol. The van der Waals surface area contributed by atoms with Crippen molar-refractivity contribution in [3.05, 3.63) is 16.9 Å². The number of hydrogen-bond donors (Lipinski definition) is 0. The Morgan fingerprint density at radius 2 is 1.95 bits per heavy atom. The van der Waals surface area contributed by atoms with Crippen molar-refractivity contribution in [2.24, 2.45) is 0 Å². The number of carbonyl (C=O) groups is 1. The van der Waals surface area contributed by atoms with Gasteiger partial charge in [0, 0.05) is 32.0 Å². The summed E-state index contributed by atoms with van der Waals surface area (Å²) in [5.74, 6) is 0. The average Bonchev–Trinajstić information content (AvgIpc) is 2.57. The number of piperidine rings is 1. The molecule has 0 aliphatic carbocycles. The van der Waals surface area contributed by atoms with E-state index in [0.717, 1.165) is 23.9 Å². The molecule has 1 atom stereocenters. The number of halogens is 1. The Morgan fingerprint density at radius 1 is 1.23 bits per heavy atom. The standard InChI is InChI=1S/C14H19BrN4O3/c15-11-8-16-13(17-9-11)22-12-2-1-3-19(10-12)14(20)18-4-6-21-7-5-18/h8-9,12H,1-7,10H2. The number of likely N-dealkylation sites (tertiary alicyclic amines) is 1. The molecule has 2 aliphatic heterocycles. The topological polar surface area (TPSA) is 67.8 Å². The van der Waals surface area contributed by atoms with Crippen LogP contribution < -0.4 is 4.74 Å². The molecule has 0 saturated carbocycles. The largest absolute Gasteiger partial charge is 0.458 e. The summed E-state index contributed by atoms with van der Waals surface area (Å²) < 4.78 is 11.9. The number of morpholine rings is 1. The molecule has 2 fully saturated rings. The van der Waals surface area contributed by atoms with Crippen molar-refractivity contribution in [2.75, 3.05) is 39.4 Å². The Bertz CT molecular complexity index is 507. The van der Waals surface area contributed by atoms with Crippen molar-refractivity contribution < 1.29 is 14.3 Å². The second-order valence-electron chi connectivity index (χ2n) is 5.39. The minimum Gasteiger partial charge on any atom is -0.458 e. The predicted octanol–water partition coefficient (Wildman–Crippen LogP) is 1.53. The summed E-state index contributed by atoms with van der Waals surface area (Å²) in [5.41, 5.74) is 0. The molecule has 22 heavy (non-hydrogen) atoms. The molecule has 2 saturated heterocycles. The fraction of sp³-hybridized carbons (Fsp3) is 0.643. The SMILES string of the molecule is O=C(N1CCOCC1)N1CCCC(Oc2ncc(Br)cn2)C1. The molecule has 2 aliphatic rings. The van der Waals surface area contributed by atoms with Crippen LogP contribution in [0, 0.1) is 0 Å². The molecule has 0 radical (unpaired) electrons. The van der Waals surface area contributed by atoms with Crippen LogP contribution in [0.15, 0.2) is 16.9 Å². The molecule has 0 N–H and O–H groups in total. The van der Waals surface area contributed by atoms with Gasteiger partial charge in [0.05, 0.1) is 24.2 Å². The number of amides is 2. The van der Waals surface area contributed by atoms with Gasteiger partial charge in [0.2, 0.25) is 0 Å². The van der Waals surface area contributed by atoms with Crippen molar-refractivity contribution in [1.29, 1.82) is 0 Å². The van der Waals surface area contributed by atoms with Gasteiger partial charge in [-0.1, -0.05) is 0 Å². The third kappa shape index (κ3) is 3.86. The molecule has 3 rings (SSSR count). The van der Waals surface area contributed by atoms with E-state index in [1.807, 2.05) is 9.80 Å². The van der Waals surface area contributed by atoms with Crippen molar-refractivity contribution in [3.63, 3.8) is 0 Å². The Balaban J connectivity index is 1.56. The van der Waals surface area contributed by atoms with Crippen molar-refractivity contribution >= 4 is 22.0 Å². The van der Waals surface area contributed by atoms with Gasteiger partial charge in [-0.25, -0.2) is 14.8 Å². The van der Waals surface area contributed by atoms with E-state index in [2.05, 4.69) is 25.9 Å². The van der Waals surface area contributed by atoms with Crippen LogP contribution in [-0.4, -0.2) is 71.3 Å². The highest BCUT2D eigenvalue weighted by atomic mass is 79.9. The first-order valence-corrected chi connectivity index (χ1v) is 8.27. The van der Waals surface area contributed by atoms with Gasteiger partial charge < -0.3 is 19.3 Å². The van der Waals surface area contributed by atoms with Crippen LogP contribution in [-0.2, 0) is 4.74 Å². The van der Waals surface area contributed by atoms with Crippen molar-refractivity contribution in [2.45, 2.75) is 18.9 Å². The van der Waals surface area contributed by atoms with Crippen LogP contribution in [0.5, 0.6) is 6.01 Å². The Labute approximate surface area is 137 Å². The van der Waals surface area contributed by atoms with E-state index in [1.54, 1.807) is 12.4 Å². The molecule has 8 heteroatoms. The molecule has 1 aromatic rings. The molecule has 7 nitrogen and oxygen atoms in total. The first-order valence-electron chi connectivity index (χ1n) is 7.48. The van der Waals surface area contributed by atoms with Gasteiger partial charge in [0.1, 0.15) is 6.10 Å². The summed E-state index contributed by atoms with van der Waals surface area (Å²) in [6, 6.07) is 0.433. The van der Waals surface area contributed by atoms with Crippen LogP contribution in [0.1, 0.15) is 12.8 Å². The second kappa shape index (κ2) is 7.23. The number of nitrogens with zero attached hydrogens (tertiary/aromatic N) is 4. The lowest BCUT2D eigenvalue weighted by atomic mass is 10.1. The lowest BCUT2D eigenvalue weighted by molar-refractivity contribution is 0.0320. The summed E-state index contributed by atoms with van der Waals surface area (Å²) in [6.45, 7) is 3.92. The average molecular weight is 371 g/mol. The molecule has 120 valence electrons. The molecular weight excluding hydrogens is 352 g/mol. The van der Waals surface area contributed by atoms with Gasteiger partial charge in [-0.05, 0) is 28.8 Å². The Morgan fingerprint density at radius 3 is 2.68 bits per heavy atom. The first kappa shape index (κ1) is 15.5. The third-order valence-corrected chi connectivity index (χ3v) is 4.21. The maximum atomic E-state index is 12.5. The summed E-state index contributed by atoms with van der Waals surface area (Å²) in [7, 11) is 0. The minimum absolute atomic E-state index is 0.0556. The van der Waals surface area contributed by atoms with E-state index in [-0.39, 0.29) is 12.1 Å². The number of ether oxygens (including phenoxy) is 2. The Kier molecular flexibility index (Phi) is 5.09. The minimum atomic E-state index is -0.0556. The number of rotatable bonds is 2. The van der Waals surface area contributed by atoms with Gasteiger partial charge in [-0.3, -0.25) is 0 Å². The number of aromatic nitrogens is 2. The van der Waals surface area contributed by atoms with E-state index in [0.29, 0.717) is 38.9 Å². The van der Waals surface area contributed by atoms with E-state index in [1.165, 1.54) is 0 Å². The third-order valence-electron chi connectivity index (χ3n) is 3.80. The maximum absolute atomic E-state index is 12.5. The highest BCUT2D eigenvalue weighted by Crippen LogP contribution is 2.18. The molecular formula is C14H19BrN4O3. The molecule has 1 unspecified atom stereocenters. The summed E-state index contributed by atoms with van der Waals surface area (Å²) in [5, 5.41) is 0. The van der Waals surface area contributed by atoms with E-state index < -0.39 is 0 Å². The molecule has 3 heterocycles. The molecule has 1 aromatic heterocycles. The Hall–Kier alpha value is -1.41. The van der Waals surface area contributed by atoms with Crippen LogP contribution >= 0.6 is 15.9 Å². The lowest BCUT2D eigenvalue weighted by Gasteiger charge is -2.37. The first-order chi connectivity index (χ1) is 10.7. The van der Waals surface area contributed by atoms with Gasteiger partial charge in [-0.15, -0.1) is 0 Å². The number of urea groups is 1. The highest BCUT2D eigenvalue weighted by molar-refractivity contribution is 9.10. The smallest absolute Gasteiger partial charge is 0.320 e. The molecule has 0 bridgehead atoms. The number of hydrogen-bond acceptors (Lipinski definition) is 5. The van der Waals surface area contributed by atoms with Crippen molar-refractivity contribution in [1.82, 2.24) is 19.8 Å². The molecule has 2 amide bonds. The summed E-state index contributed by atoms with van der Waals surface area (Å²) >= 11 is 3.29. The summed E-state index contributed by atoms with van der Waals surface area (Å²) in [6.07, 6.45) is 5.09. The zero-order chi connectivity index (χ0) is 15.4. The fourth-order valence-electron chi connectivity index (χ4n) is 2.67. The fourth-order valence-corrected chi connectivity index (χ4v) is 2.88. The summed E-state index contributed by atoms with van der Waals surface area (Å²) in [4.78, 5) is 24.5. The molecule has 0 aromatic carbocycles. The van der Waals surface area contributed by atoms with Crippen LogP contribution in [0.4, 0.5) is 4.79 Å². The quantitative estimate of drug-likeness (QED) is 0.789. The monoisotopic (exact) mass is 370 g/mol. The van der Waals surface area contributed by atoms with E-state index in [4.69, 9.17) is 9.47 Å². The second-order valence-corrected chi connectivity index (χ2v) is 6.31. The van der Waals surface area contributed by atoms with Gasteiger partial charge in [-0.2, -0.15) is 0 Å². The van der Waals surface area contributed by atoms with E-state index >= 15 is 0 Å². The maximum Gasteiger partial charge on any atom is 0.320 e. The van der Waals surface area contributed by atoms with Gasteiger partial charge >= 0.3 is 12.0 Å². The molecule has 0 spiro atoms. The van der Waals surface area contributed by atoms with Crippen LogP contribution in [0.3, 0.4) is 0 Å². The van der Waals surface area contributed by atoms with Crippen LogP contribution in [0.2, 0.25) is 0 Å². The van der Waals surface area contributed by atoms with Gasteiger partial charge in [0.25, 0.3) is 0 Å². The number of carbonyl (C=O) groups excluding carboxylic acids is 1. The highest BCUT2D eigenvalue weighted by Gasteiger charge is 2.29. The van der Waals surface area contributed by atoms with Crippen molar-refractivity contribution in [3.8, 4) is 6.01 Å². The van der Waals surface area contributed by atoms with E-state index in [9.17, 15) is 4.79 Å².